The highest BCUT2D eigenvalue weighted by Gasteiger charge is 2.22. The lowest BCUT2D eigenvalue weighted by Crippen LogP contribution is -2.42. The van der Waals surface area contributed by atoms with E-state index in [2.05, 4.69) is 29.7 Å². The van der Waals surface area contributed by atoms with Crippen LogP contribution in [0.2, 0.25) is 0 Å². The third-order valence-corrected chi connectivity index (χ3v) is 4.11. The number of anilines is 1. The first kappa shape index (κ1) is 25.3. The van der Waals surface area contributed by atoms with E-state index in [-0.39, 0.29) is 18.6 Å². The molecule has 8 heteroatoms. The summed E-state index contributed by atoms with van der Waals surface area (Å²) in [5.74, 6) is -0.247. The fraction of sp³-hybridized carbons (Fsp3) is 0.591. The standard InChI is InChI=1S/C11H19NO5.C11H15NO/c1-7(13)8(5-6-9(14)15)12-10(16)17-11(2,3)4;1-2-8-13-11-5-3-4-10-9(11)6-7-12-10/h8H,5-6H2,1-4H3,(H,12,16)(H,14,15);3-5,12H,2,6-8H2,1H3. The molecule has 1 heterocycles. The van der Waals surface area contributed by atoms with E-state index in [9.17, 15) is 14.4 Å². The van der Waals surface area contributed by atoms with Crippen molar-refractivity contribution >= 4 is 23.5 Å². The van der Waals surface area contributed by atoms with Crippen molar-refractivity contribution in [2.45, 2.75) is 71.9 Å². The number of ketones is 1. The first-order valence-electron chi connectivity index (χ1n) is 10.2. The highest BCUT2D eigenvalue weighted by Crippen LogP contribution is 2.30. The number of fused-ring (bicyclic) bond motifs is 1. The van der Waals surface area contributed by atoms with Gasteiger partial charge in [-0.15, -0.1) is 0 Å². The molecule has 0 bridgehead atoms. The van der Waals surface area contributed by atoms with E-state index < -0.39 is 23.7 Å². The number of carbonyl (C=O) groups is 3. The zero-order valence-electron chi connectivity index (χ0n) is 18.5. The Hall–Kier alpha value is -2.77. The largest absolute Gasteiger partial charge is 0.493 e. The summed E-state index contributed by atoms with van der Waals surface area (Å²) in [4.78, 5) is 33.0. The Morgan fingerprint density at radius 2 is 1.97 bits per heavy atom. The number of nitrogens with one attached hydrogen (secondary N) is 2. The summed E-state index contributed by atoms with van der Waals surface area (Å²) in [5.41, 5.74) is 1.93. The number of aliphatic carboxylic acids is 1. The van der Waals surface area contributed by atoms with Gasteiger partial charge in [0.2, 0.25) is 0 Å². The highest BCUT2D eigenvalue weighted by molar-refractivity contribution is 5.85. The zero-order valence-corrected chi connectivity index (χ0v) is 18.5. The van der Waals surface area contributed by atoms with E-state index in [0.29, 0.717) is 0 Å². The molecule has 0 aromatic heterocycles. The summed E-state index contributed by atoms with van der Waals surface area (Å²) in [6, 6.07) is 5.39. The average molecular weight is 423 g/mol. The molecule has 1 aliphatic rings. The third kappa shape index (κ3) is 9.62. The van der Waals surface area contributed by atoms with Crippen LogP contribution in [0.25, 0.3) is 0 Å². The van der Waals surface area contributed by atoms with Crippen LogP contribution in [0.1, 0.15) is 59.4 Å². The minimum absolute atomic E-state index is 0.0594. The molecular weight excluding hydrogens is 388 g/mol. The fourth-order valence-corrected chi connectivity index (χ4v) is 2.75. The number of ether oxygens (including phenoxy) is 2. The smallest absolute Gasteiger partial charge is 0.408 e. The van der Waals surface area contributed by atoms with Crippen LogP contribution in [0, 0.1) is 0 Å². The molecule has 2 rings (SSSR count). The summed E-state index contributed by atoms with van der Waals surface area (Å²) < 4.78 is 10.6. The molecule has 0 saturated carbocycles. The maximum absolute atomic E-state index is 11.4. The maximum atomic E-state index is 11.4. The fourth-order valence-electron chi connectivity index (χ4n) is 2.75. The summed E-state index contributed by atoms with van der Waals surface area (Å²) in [7, 11) is 0. The zero-order chi connectivity index (χ0) is 22.7. The van der Waals surface area contributed by atoms with Gasteiger partial charge in [0.1, 0.15) is 11.4 Å². The van der Waals surface area contributed by atoms with Gasteiger partial charge in [0.25, 0.3) is 0 Å². The Morgan fingerprint density at radius 3 is 2.53 bits per heavy atom. The van der Waals surface area contributed by atoms with Gasteiger partial charge in [0, 0.05) is 24.2 Å². The van der Waals surface area contributed by atoms with Gasteiger partial charge in [0.15, 0.2) is 5.78 Å². The van der Waals surface area contributed by atoms with E-state index in [4.69, 9.17) is 14.6 Å². The van der Waals surface area contributed by atoms with Crippen molar-refractivity contribution in [1.82, 2.24) is 5.32 Å². The van der Waals surface area contributed by atoms with Gasteiger partial charge < -0.3 is 25.2 Å². The molecule has 0 aliphatic carbocycles. The molecule has 1 atom stereocenters. The summed E-state index contributed by atoms with van der Waals surface area (Å²) in [5, 5.41) is 14.2. The summed E-state index contributed by atoms with van der Waals surface area (Å²) >= 11 is 0. The molecular formula is C22H34N2O6. The predicted octanol–water partition coefficient (Wildman–Crippen LogP) is 3.78. The van der Waals surface area contributed by atoms with Crippen LogP contribution in [0.4, 0.5) is 10.5 Å². The van der Waals surface area contributed by atoms with Gasteiger partial charge in [-0.05, 0) is 59.1 Å². The number of hydrogen-bond acceptors (Lipinski definition) is 6. The first-order chi connectivity index (χ1) is 14.0. The van der Waals surface area contributed by atoms with Gasteiger partial charge in [-0.25, -0.2) is 4.79 Å². The number of benzene rings is 1. The third-order valence-electron chi connectivity index (χ3n) is 4.11. The van der Waals surface area contributed by atoms with Gasteiger partial charge in [-0.1, -0.05) is 13.0 Å². The monoisotopic (exact) mass is 422 g/mol. The van der Waals surface area contributed by atoms with Gasteiger partial charge in [0.05, 0.1) is 12.6 Å². The van der Waals surface area contributed by atoms with Crippen LogP contribution in [0.15, 0.2) is 18.2 Å². The molecule has 0 fully saturated rings. The Labute approximate surface area is 178 Å². The number of carboxylic acid groups (broad SMARTS) is 1. The second kappa shape index (κ2) is 12.0. The Kier molecular flexibility index (Phi) is 10.1. The molecule has 1 aromatic carbocycles. The number of rotatable bonds is 8. The lowest BCUT2D eigenvalue weighted by Gasteiger charge is -2.22. The Bertz CT molecular complexity index is 727. The molecule has 30 heavy (non-hydrogen) atoms. The molecule has 0 saturated heterocycles. The second-order valence-corrected chi connectivity index (χ2v) is 8.05. The van der Waals surface area contributed by atoms with Crippen LogP contribution in [-0.4, -0.2) is 47.7 Å². The van der Waals surface area contributed by atoms with Crippen LogP contribution >= 0.6 is 0 Å². The van der Waals surface area contributed by atoms with Crippen molar-refractivity contribution in [2.24, 2.45) is 0 Å². The van der Waals surface area contributed by atoms with E-state index in [0.717, 1.165) is 31.7 Å². The Morgan fingerprint density at radius 1 is 1.27 bits per heavy atom. The molecule has 0 radical (unpaired) electrons. The number of amides is 1. The van der Waals surface area contributed by atoms with Crippen LogP contribution in [0.5, 0.6) is 5.75 Å². The van der Waals surface area contributed by atoms with Crippen molar-refractivity contribution in [1.29, 1.82) is 0 Å². The molecule has 1 aliphatic heterocycles. The summed E-state index contributed by atoms with van der Waals surface area (Å²) in [6.45, 7) is 10.4. The quantitative estimate of drug-likeness (QED) is 0.584. The topological polar surface area (TPSA) is 114 Å². The van der Waals surface area contributed by atoms with E-state index in [1.165, 1.54) is 18.2 Å². The number of Topliss-reactive ketones (excluding diaryl/α,β-unsaturated/α-hetero) is 1. The minimum atomic E-state index is -1.01. The Balaban J connectivity index is 0.000000308. The predicted molar refractivity (Wildman–Crippen MR) is 115 cm³/mol. The average Bonchev–Trinajstić information content (AvgIpc) is 3.11. The normalized spacial score (nSPS) is 13.1. The van der Waals surface area contributed by atoms with Gasteiger partial charge in [-0.3, -0.25) is 9.59 Å². The van der Waals surface area contributed by atoms with Crippen molar-refractivity contribution in [2.75, 3.05) is 18.5 Å². The van der Waals surface area contributed by atoms with E-state index in [1.807, 2.05) is 6.07 Å². The number of carboxylic acids is 1. The first-order valence-corrected chi connectivity index (χ1v) is 10.2. The molecule has 1 unspecified atom stereocenters. The summed E-state index contributed by atoms with van der Waals surface area (Å²) in [6.07, 6.45) is 1.32. The lowest BCUT2D eigenvalue weighted by molar-refractivity contribution is -0.137. The molecule has 3 N–H and O–H groups in total. The molecule has 1 amide bonds. The van der Waals surface area contributed by atoms with Crippen LogP contribution < -0.4 is 15.4 Å². The number of carbonyl (C=O) groups excluding carboxylic acids is 2. The maximum Gasteiger partial charge on any atom is 0.408 e. The second-order valence-electron chi connectivity index (χ2n) is 8.05. The van der Waals surface area contributed by atoms with Crippen molar-refractivity contribution in [3.8, 4) is 5.75 Å². The molecule has 168 valence electrons. The molecule has 0 spiro atoms. The van der Waals surface area contributed by atoms with Crippen molar-refractivity contribution in [3.05, 3.63) is 23.8 Å². The lowest BCUT2D eigenvalue weighted by atomic mass is 10.1. The van der Waals surface area contributed by atoms with Crippen LogP contribution in [-0.2, 0) is 20.7 Å². The van der Waals surface area contributed by atoms with E-state index >= 15 is 0 Å². The van der Waals surface area contributed by atoms with Crippen molar-refractivity contribution < 1.29 is 29.0 Å². The van der Waals surface area contributed by atoms with Gasteiger partial charge >= 0.3 is 12.1 Å². The van der Waals surface area contributed by atoms with Gasteiger partial charge in [-0.2, -0.15) is 0 Å². The highest BCUT2D eigenvalue weighted by atomic mass is 16.6. The molecule has 1 aromatic rings. The van der Waals surface area contributed by atoms with E-state index in [1.54, 1.807) is 20.8 Å². The molecule has 8 nitrogen and oxygen atoms in total. The van der Waals surface area contributed by atoms with Crippen LogP contribution in [0.3, 0.4) is 0 Å². The minimum Gasteiger partial charge on any atom is -0.493 e. The SMILES string of the molecule is CC(=O)C(CCC(=O)O)NC(=O)OC(C)(C)C.CCCOc1cccc2c1CCN2. The number of alkyl carbamates (subject to hydrolysis) is 1. The van der Waals surface area contributed by atoms with Crippen molar-refractivity contribution in [3.63, 3.8) is 0 Å². The number of hydrogen-bond donors (Lipinski definition) is 3.